The molecule has 0 bridgehead atoms. The molecule has 5 nitrogen and oxygen atoms in total. The van der Waals surface area contributed by atoms with Crippen molar-refractivity contribution >= 4 is 5.97 Å². The second kappa shape index (κ2) is 4.57. The quantitative estimate of drug-likeness (QED) is 0.818. The smallest absolute Gasteiger partial charge is 0.339 e. The summed E-state index contributed by atoms with van der Waals surface area (Å²) in [7, 11) is 0. The molecular weight excluding hydrogens is 208 g/mol. The summed E-state index contributed by atoms with van der Waals surface area (Å²) >= 11 is 0. The van der Waals surface area contributed by atoms with Crippen LogP contribution in [0.4, 0.5) is 0 Å². The predicted molar refractivity (Wildman–Crippen MR) is 56.5 cm³/mol. The lowest BCUT2D eigenvalue weighted by Gasteiger charge is -2.20. The Hall–Kier alpha value is -1.49. The van der Waals surface area contributed by atoms with Crippen molar-refractivity contribution in [2.45, 2.75) is 25.7 Å². The second-order valence-corrected chi connectivity index (χ2v) is 3.92. The Bertz CT molecular complexity index is 400. The molecule has 1 aromatic rings. The lowest BCUT2D eigenvalue weighted by molar-refractivity contribution is 0.0693. The number of carboxylic acid groups (broad SMARTS) is 1. The van der Waals surface area contributed by atoms with Crippen LogP contribution >= 0.6 is 0 Å². The SMILES string of the molecule is Cc1nc(C2CCOCC2)ncc1C(=O)O. The fraction of sp³-hybridized carbons (Fsp3) is 0.545. The number of ether oxygens (including phenoxy) is 1. The van der Waals surface area contributed by atoms with E-state index >= 15 is 0 Å². The topological polar surface area (TPSA) is 72.3 Å². The minimum Gasteiger partial charge on any atom is -0.478 e. The number of rotatable bonds is 2. The highest BCUT2D eigenvalue weighted by atomic mass is 16.5. The Labute approximate surface area is 93.5 Å². The van der Waals surface area contributed by atoms with Gasteiger partial charge in [0.2, 0.25) is 0 Å². The molecule has 1 aliphatic rings. The number of aryl methyl sites for hydroxylation is 1. The summed E-state index contributed by atoms with van der Waals surface area (Å²) in [5.41, 5.74) is 0.708. The number of carbonyl (C=O) groups is 1. The van der Waals surface area contributed by atoms with Gasteiger partial charge in [-0.3, -0.25) is 0 Å². The summed E-state index contributed by atoms with van der Waals surface area (Å²) in [6.45, 7) is 3.16. The first kappa shape index (κ1) is 11.0. The van der Waals surface area contributed by atoms with Crippen LogP contribution in [0.1, 0.15) is 40.6 Å². The van der Waals surface area contributed by atoms with Crippen molar-refractivity contribution in [3.63, 3.8) is 0 Å². The van der Waals surface area contributed by atoms with Crippen LogP contribution in [0.25, 0.3) is 0 Å². The molecule has 2 heterocycles. The van der Waals surface area contributed by atoms with Crippen LogP contribution in [0.5, 0.6) is 0 Å². The van der Waals surface area contributed by atoms with E-state index in [1.54, 1.807) is 6.92 Å². The number of carboxylic acids is 1. The Morgan fingerprint density at radius 2 is 2.19 bits per heavy atom. The highest BCUT2D eigenvalue weighted by Gasteiger charge is 2.20. The Balaban J connectivity index is 2.23. The van der Waals surface area contributed by atoms with Crippen LogP contribution in [0, 0.1) is 6.92 Å². The summed E-state index contributed by atoms with van der Waals surface area (Å²) in [6.07, 6.45) is 3.22. The summed E-state index contributed by atoms with van der Waals surface area (Å²) in [4.78, 5) is 19.2. The minimum absolute atomic E-state index is 0.177. The first-order valence-corrected chi connectivity index (χ1v) is 5.33. The fourth-order valence-electron chi connectivity index (χ4n) is 1.85. The highest BCUT2D eigenvalue weighted by molar-refractivity contribution is 5.88. The fourth-order valence-corrected chi connectivity index (χ4v) is 1.85. The van der Waals surface area contributed by atoms with Crippen molar-refractivity contribution in [1.29, 1.82) is 0 Å². The molecule has 5 heteroatoms. The molecule has 86 valence electrons. The number of hydrogen-bond donors (Lipinski definition) is 1. The average molecular weight is 222 g/mol. The predicted octanol–water partition coefficient (Wildman–Crippen LogP) is 1.38. The normalized spacial score (nSPS) is 17.3. The summed E-state index contributed by atoms with van der Waals surface area (Å²) in [5.74, 6) is 0.0668. The van der Waals surface area contributed by atoms with Gasteiger partial charge in [-0.15, -0.1) is 0 Å². The van der Waals surface area contributed by atoms with E-state index in [9.17, 15) is 4.79 Å². The van der Waals surface area contributed by atoms with Gasteiger partial charge < -0.3 is 9.84 Å². The Morgan fingerprint density at radius 1 is 1.50 bits per heavy atom. The van der Waals surface area contributed by atoms with E-state index in [0.29, 0.717) is 11.6 Å². The van der Waals surface area contributed by atoms with Crippen LogP contribution in [0.15, 0.2) is 6.20 Å². The zero-order chi connectivity index (χ0) is 11.5. The molecule has 0 spiro atoms. The van der Waals surface area contributed by atoms with Crippen molar-refractivity contribution in [3.8, 4) is 0 Å². The van der Waals surface area contributed by atoms with E-state index in [0.717, 1.165) is 31.9 Å². The van der Waals surface area contributed by atoms with Crippen molar-refractivity contribution in [1.82, 2.24) is 9.97 Å². The third-order valence-corrected chi connectivity index (χ3v) is 2.81. The van der Waals surface area contributed by atoms with Gasteiger partial charge >= 0.3 is 5.97 Å². The van der Waals surface area contributed by atoms with E-state index in [1.165, 1.54) is 6.20 Å². The van der Waals surface area contributed by atoms with Crippen LogP contribution in [0.3, 0.4) is 0 Å². The van der Waals surface area contributed by atoms with Crippen LogP contribution in [-0.2, 0) is 4.74 Å². The molecule has 1 fully saturated rings. The van der Waals surface area contributed by atoms with Gasteiger partial charge in [0.15, 0.2) is 0 Å². The molecule has 0 saturated carbocycles. The summed E-state index contributed by atoms with van der Waals surface area (Å²) in [6, 6.07) is 0. The minimum atomic E-state index is -0.976. The van der Waals surface area contributed by atoms with E-state index in [1.807, 2.05) is 0 Å². The maximum atomic E-state index is 10.8. The number of hydrogen-bond acceptors (Lipinski definition) is 4. The maximum Gasteiger partial charge on any atom is 0.339 e. The molecule has 1 saturated heterocycles. The number of aromatic carboxylic acids is 1. The van der Waals surface area contributed by atoms with Gasteiger partial charge in [0, 0.05) is 25.3 Å². The third-order valence-electron chi connectivity index (χ3n) is 2.81. The van der Waals surface area contributed by atoms with E-state index < -0.39 is 5.97 Å². The van der Waals surface area contributed by atoms with Gasteiger partial charge in [0.25, 0.3) is 0 Å². The molecular formula is C11H14N2O3. The molecule has 0 atom stereocenters. The molecule has 2 rings (SSSR count). The lowest BCUT2D eigenvalue weighted by Crippen LogP contribution is -2.17. The molecule has 0 radical (unpaired) electrons. The summed E-state index contributed by atoms with van der Waals surface area (Å²) < 4.78 is 5.26. The lowest BCUT2D eigenvalue weighted by atomic mass is 9.99. The molecule has 0 aliphatic carbocycles. The van der Waals surface area contributed by atoms with Gasteiger partial charge in [0.1, 0.15) is 5.82 Å². The largest absolute Gasteiger partial charge is 0.478 e. The van der Waals surface area contributed by atoms with Gasteiger partial charge in [0.05, 0.1) is 11.3 Å². The van der Waals surface area contributed by atoms with Crippen LogP contribution < -0.4 is 0 Å². The molecule has 0 amide bonds. The van der Waals surface area contributed by atoms with Crippen molar-refractivity contribution in [3.05, 3.63) is 23.3 Å². The van der Waals surface area contributed by atoms with Gasteiger partial charge in [-0.1, -0.05) is 0 Å². The van der Waals surface area contributed by atoms with Crippen LogP contribution in [-0.4, -0.2) is 34.3 Å². The highest BCUT2D eigenvalue weighted by Crippen LogP contribution is 2.24. The van der Waals surface area contributed by atoms with Gasteiger partial charge in [-0.25, -0.2) is 14.8 Å². The van der Waals surface area contributed by atoms with Gasteiger partial charge in [-0.05, 0) is 19.8 Å². The van der Waals surface area contributed by atoms with E-state index in [-0.39, 0.29) is 5.56 Å². The van der Waals surface area contributed by atoms with E-state index in [2.05, 4.69) is 9.97 Å². The first-order chi connectivity index (χ1) is 7.68. The van der Waals surface area contributed by atoms with Gasteiger partial charge in [-0.2, -0.15) is 0 Å². The molecule has 0 aromatic carbocycles. The molecule has 1 aliphatic heterocycles. The number of aromatic nitrogens is 2. The Kier molecular flexibility index (Phi) is 3.14. The van der Waals surface area contributed by atoms with E-state index in [4.69, 9.17) is 9.84 Å². The van der Waals surface area contributed by atoms with Crippen molar-refractivity contribution in [2.24, 2.45) is 0 Å². The van der Waals surface area contributed by atoms with Crippen molar-refractivity contribution < 1.29 is 14.6 Å². The standard InChI is InChI=1S/C11H14N2O3/c1-7-9(11(14)15)6-12-10(13-7)8-2-4-16-5-3-8/h6,8H,2-5H2,1H3,(H,14,15). The zero-order valence-electron chi connectivity index (χ0n) is 9.14. The maximum absolute atomic E-state index is 10.8. The third kappa shape index (κ3) is 2.19. The molecule has 0 unspecified atom stereocenters. The molecule has 1 aromatic heterocycles. The monoisotopic (exact) mass is 222 g/mol. The Morgan fingerprint density at radius 3 is 2.75 bits per heavy atom. The van der Waals surface area contributed by atoms with Crippen LogP contribution in [0.2, 0.25) is 0 Å². The average Bonchev–Trinajstić information content (AvgIpc) is 2.29. The zero-order valence-corrected chi connectivity index (χ0v) is 9.14. The second-order valence-electron chi connectivity index (χ2n) is 3.92. The molecule has 1 N–H and O–H groups in total. The number of nitrogens with zero attached hydrogens (tertiary/aromatic N) is 2. The molecule has 16 heavy (non-hydrogen) atoms. The van der Waals surface area contributed by atoms with Crippen molar-refractivity contribution in [2.75, 3.05) is 13.2 Å². The first-order valence-electron chi connectivity index (χ1n) is 5.33. The summed E-state index contributed by atoms with van der Waals surface area (Å²) in [5, 5.41) is 8.87.